The monoisotopic (exact) mass is 446 g/mol. The Bertz CT molecular complexity index is 1190. The van der Waals surface area contributed by atoms with Gasteiger partial charge in [0.15, 0.2) is 5.69 Å². The van der Waals surface area contributed by atoms with Gasteiger partial charge in [-0.2, -0.15) is 5.10 Å². The normalized spacial score (nSPS) is 17.4. The number of hydrogen-bond acceptors (Lipinski definition) is 5. The van der Waals surface area contributed by atoms with Crippen molar-refractivity contribution in [3.63, 3.8) is 0 Å². The standard InChI is InChI=1S/C25H26N4O4/c1-4-33-23(31)20-14-21-22(30)29(19-12-10-17(2)11-13-19)25(3,16-28(21)27-20)24(32)26-15-18-8-6-5-7-9-18/h5-14H,4,15-16H2,1-3H3,(H,26,32)/t25-/m0/s1. The number of anilines is 1. The van der Waals surface area contributed by atoms with Gasteiger partial charge in [-0.15, -0.1) is 0 Å². The molecular formula is C25H26N4O4. The maximum Gasteiger partial charge on any atom is 0.358 e. The summed E-state index contributed by atoms with van der Waals surface area (Å²) in [7, 11) is 0. The molecule has 1 atom stereocenters. The summed E-state index contributed by atoms with van der Waals surface area (Å²) in [6.07, 6.45) is 0. The number of nitrogens with one attached hydrogen (secondary N) is 1. The maximum atomic E-state index is 13.6. The van der Waals surface area contributed by atoms with E-state index >= 15 is 0 Å². The summed E-state index contributed by atoms with van der Waals surface area (Å²) in [5, 5.41) is 7.23. The van der Waals surface area contributed by atoms with Crippen LogP contribution in [0.5, 0.6) is 0 Å². The average molecular weight is 447 g/mol. The molecule has 2 aromatic carbocycles. The Morgan fingerprint density at radius 1 is 1.12 bits per heavy atom. The Morgan fingerprint density at radius 3 is 2.48 bits per heavy atom. The van der Waals surface area contributed by atoms with E-state index < -0.39 is 17.4 Å². The van der Waals surface area contributed by atoms with Gasteiger partial charge < -0.3 is 10.1 Å². The van der Waals surface area contributed by atoms with Gasteiger partial charge in [0.05, 0.1) is 13.2 Å². The number of nitrogens with zero attached hydrogens (tertiary/aromatic N) is 3. The molecule has 1 N–H and O–H groups in total. The highest BCUT2D eigenvalue weighted by Gasteiger charge is 2.49. The first-order valence-corrected chi connectivity index (χ1v) is 10.8. The third kappa shape index (κ3) is 4.24. The average Bonchev–Trinajstić information content (AvgIpc) is 3.24. The van der Waals surface area contributed by atoms with Gasteiger partial charge in [0, 0.05) is 18.3 Å². The number of esters is 1. The first-order chi connectivity index (χ1) is 15.8. The fourth-order valence-corrected chi connectivity index (χ4v) is 3.95. The SMILES string of the molecule is CCOC(=O)c1cc2n(n1)C[C@@](C)(C(=O)NCc1ccccc1)N(c1ccc(C)cc1)C2=O. The number of carbonyl (C=O) groups is 3. The number of rotatable bonds is 6. The quantitative estimate of drug-likeness (QED) is 0.588. The van der Waals surface area contributed by atoms with Gasteiger partial charge in [-0.1, -0.05) is 48.0 Å². The van der Waals surface area contributed by atoms with Crippen LogP contribution in [0.15, 0.2) is 60.7 Å². The summed E-state index contributed by atoms with van der Waals surface area (Å²) < 4.78 is 6.45. The summed E-state index contributed by atoms with van der Waals surface area (Å²) in [6, 6.07) is 18.4. The Morgan fingerprint density at radius 2 is 1.82 bits per heavy atom. The minimum Gasteiger partial charge on any atom is -0.461 e. The Balaban J connectivity index is 1.72. The molecule has 0 saturated carbocycles. The highest BCUT2D eigenvalue weighted by molar-refractivity contribution is 6.12. The van der Waals surface area contributed by atoms with E-state index in [1.807, 2.05) is 61.5 Å². The van der Waals surface area contributed by atoms with Crippen LogP contribution in [-0.4, -0.2) is 39.7 Å². The van der Waals surface area contributed by atoms with Crippen molar-refractivity contribution in [2.24, 2.45) is 0 Å². The topological polar surface area (TPSA) is 93.5 Å². The lowest BCUT2D eigenvalue weighted by atomic mass is 9.93. The number of carbonyl (C=O) groups excluding carboxylic acids is 3. The van der Waals surface area contributed by atoms with Crippen molar-refractivity contribution >= 4 is 23.5 Å². The molecule has 1 aliphatic heterocycles. The van der Waals surface area contributed by atoms with Crippen LogP contribution in [0, 0.1) is 6.92 Å². The zero-order valence-corrected chi connectivity index (χ0v) is 18.9. The third-order valence-electron chi connectivity index (χ3n) is 5.72. The predicted molar refractivity (Wildman–Crippen MR) is 123 cm³/mol. The first kappa shape index (κ1) is 22.3. The summed E-state index contributed by atoms with van der Waals surface area (Å²) in [5.74, 6) is -1.34. The second-order valence-electron chi connectivity index (χ2n) is 8.21. The highest BCUT2D eigenvalue weighted by atomic mass is 16.5. The maximum absolute atomic E-state index is 13.6. The number of hydrogen-bond donors (Lipinski definition) is 1. The minimum absolute atomic E-state index is 0.0398. The highest BCUT2D eigenvalue weighted by Crippen LogP contribution is 2.33. The number of aromatic nitrogens is 2. The molecule has 4 rings (SSSR count). The molecule has 1 aromatic heterocycles. The van der Waals surface area contributed by atoms with E-state index in [4.69, 9.17) is 4.74 Å². The molecule has 170 valence electrons. The van der Waals surface area contributed by atoms with E-state index in [1.54, 1.807) is 13.8 Å². The molecule has 3 aromatic rings. The van der Waals surface area contributed by atoms with Gasteiger partial charge in [-0.25, -0.2) is 4.79 Å². The summed E-state index contributed by atoms with van der Waals surface area (Å²) in [4.78, 5) is 40.8. The largest absolute Gasteiger partial charge is 0.461 e. The molecule has 0 aliphatic carbocycles. The molecule has 2 heterocycles. The van der Waals surface area contributed by atoms with E-state index in [1.165, 1.54) is 15.6 Å². The van der Waals surface area contributed by atoms with Gasteiger partial charge in [0.25, 0.3) is 5.91 Å². The summed E-state index contributed by atoms with van der Waals surface area (Å²) in [5.41, 5.74) is 1.57. The van der Waals surface area contributed by atoms with Gasteiger partial charge in [-0.3, -0.25) is 19.2 Å². The van der Waals surface area contributed by atoms with Gasteiger partial charge in [-0.05, 0) is 38.5 Å². The molecule has 33 heavy (non-hydrogen) atoms. The van der Waals surface area contributed by atoms with Gasteiger partial charge in [0.2, 0.25) is 5.91 Å². The van der Waals surface area contributed by atoms with Crippen molar-refractivity contribution in [3.8, 4) is 0 Å². The fraction of sp³-hybridized carbons (Fsp3) is 0.280. The number of amides is 2. The molecule has 0 bridgehead atoms. The molecule has 0 radical (unpaired) electrons. The zero-order chi connectivity index (χ0) is 23.6. The molecular weight excluding hydrogens is 420 g/mol. The lowest BCUT2D eigenvalue weighted by Crippen LogP contribution is -2.64. The van der Waals surface area contributed by atoms with Crippen LogP contribution < -0.4 is 10.2 Å². The number of ether oxygens (including phenoxy) is 1. The zero-order valence-electron chi connectivity index (χ0n) is 18.9. The summed E-state index contributed by atoms with van der Waals surface area (Å²) in [6.45, 7) is 5.97. The molecule has 0 unspecified atom stereocenters. The second-order valence-corrected chi connectivity index (χ2v) is 8.21. The Labute approximate surface area is 192 Å². The molecule has 0 fully saturated rings. The van der Waals surface area contributed by atoms with Crippen molar-refractivity contribution in [1.29, 1.82) is 0 Å². The summed E-state index contributed by atoms with van der Waals surface area (Å²) >= 11 is 0. The third-order valence-corrected chi connectivity index (χ3v) is 5.72. The van der Waals surface area contributed by atoms with Gasteiger partial charge in [0.1, 0.15) is 11.2 Å². The number of fused-ring (bicyclic) bond motifs is 1. The van der Waals surface area contributed by atoms with Crippen molar-refractivity contribution in [1.82, 2.24) is 15.1 Å². The molecule has 0 spiro atoms. The van der Waals surface area contributed by atoms with Crippen LogP contribution in [0.2, 0.25) is 0 Å². The predicted octanol–water partition coefficient (Wildman–Crippen LogP) is 3.10. The fourth-order valence-electron chi connectivity index (χ4n) is 3.95. The molecule has 2 amide bonds. The minimum atomic E-state index is -1.27. The van der Waals surface area contributed by atoms with Crippen molar-refractivity contribution in [2.75, 3.05) is 11.5 Å². The van der Waals surface area contributed by atoms with E-state index in [2.05, 4.69) is 10.4 Å². The Hall–Kier alpha value is -3.94. The van der Waals surface area contributed by atoms with E-state index in [-0.39, 0.29) is 30.4 Å². The lowest BCUT2D eigenvalue weighted by Gasteiger charge is -2.43. The van der Waals surface area contributed by atoms with Crippen LogP contribution in [0.25, 0.3) is 0 Å². The smallest absolute Gasteiger partial charge is 0.358 e. The molecule has 8 nitrogen and oxygen atoms in total. The molecule has 1 aliphatic rings. The van der Waals surface area contributed by atoms with Crippen LogP contribution in [-0.2, 0) is 22.6 Å². The molecule has 8 heteroatoms. The first-order valence-electron chi connectivity index (χ1n) is 10.8. The van der Waals surface area contributed by atoms with E-state index in [9.17, 15) is 14.4 Å². The van der Waals surface area contributed by atoms with Crippen LogP contribution in [0.3, 0.4) is 0 Å². The van der Waals surface area contributed by atoms with Crippen molar-refractivity contribution < 1.29 is 19.1 Å². The van der Waals surface area contributed by atoms with Crippen LogP contribution in [0.4, 0.5) is 5.69 Å². The van der Waals surface area contributed by atoms with Crippen molar-refractivity contribution in [2.45, 2.75) is 39.4 Å². The van der Waals surface area contributed by atoms with E-state index in [0.717, 1.165) is 11.1 Å². The van der Waals surface area contributed by atoms with Crippen molar-refractivity contribution in [3.05, 3.63) is 83.2 Å². The number of aryl methyl sites for hydroxylation is 1. The molecule has 0 saturated heterocycles. The number of benzene rings is 2. The van der Waals surface area contributed by atoms with Crippen LogP contribution >= 0.6 is 0 Å². The van der Waals surface area contributed by atoms with Crippen LogP contribution in [0.1, 0.15) is 46.0 Å². The van der Waals surface area contributed by atoms with E-state index in [0.29, 0.717) is 12.2 Å². The lowest BCUT2D eigenvalue weighted by molar-refractivity contribution is -0.126. The second kappa shape index (κ2) is 8.90. The van der Waals surface area contributed by atoms with Gasteiger partial charge >= 0.3 is 5.97 Å². The Kier molecular flexibility index (Phi) is 6.00.